The Labute approximate surface area is 156 Å². The first-order valence-electron chi connectivity index (χ1n) is 7.63. The molecule has 25 heavy (non-hydrogen) atoms. The van der Waals surface area contributed by atoms with Crippen LogP contribution < -0.4 is 9.47 Å². The smallest absolute Gasteiger partial charge is 0.306 e. The third-order valence-electron chi connectivity index (χ3n) is 3.61. The predicted molar refractivity (Wildman–Crippen MR) is 98.0 cm³/mol. The van der Waals surface area contributed by atoms with Gasteiger partial charge in [0.25, 0.3) is 0 Å². The molecule has 1 aromatic heterocycles. The number of hydrogen-bond acceptors (Lipinski definition) is 5. The number of ether oxygens (including phenoxy) is 2. The topological polar surface area (TPSA) is 72.8 Å². The number of Topliss-reactive ketones (excluding diaryl/α,β-unsaturated/α-hetero) is 1. The monoisotopic (exact) mass is 432 g/mol. The predicted octanol–water partition coefficient (Wildman–Crippen LogP) is 4.51. The molecule has 5 nitrogen and oxygen atoms in total. The molecule has 0 radical (unpaired) electrons. The standard InChI is InChI=1S/C17H18BrFO5S/c1-9(17(21)22)6-11(20)14-7-10-13(25-14)8-12(23-2)16(15(10)19)24-5-3-4-18/h7-9H,3-6H2,1-2H3,(H,21,22)/t9-/m0/s1. The van der Waals surface area contributed by atoms with E-state index in [9.17, 15) is 14.0 Å². The van der Waals surface area contributed by atoms with E-state index in [1.807, 2.05) is 0 Å². The van der Waals surface area contributed by atoms with Crippen molar-refractivity contribution in [2.24, 2.45) is 5.92 Å². The number of methoxy groups -OCH3 is 1. The minimum atomic E-state index is -1.04. The molecule has 136 valence electrons. The number of carbonyl (C=O) groups is 2. The number of thiophene rings is 1. The molecular weight excluding hydrogens is 415 g/mol. The Kier molecular flexibility index (Phi) is 6.78. The first-order chi connectivity index (χ1) is 11.9. The van der Waals surface area contributed by atoms with Crippen molar-refractivity contribution < 1.29 is 28.6 Å². The molecule has 0 saturated carbocycles. The molecule has 8 heteroatoms. The molecule has 0 bridgehead atoms. The lowest BCUT2D eigenvalue weighted by molar-refractivity contribution is -0.141. The summed E-state index contributed by atoms with van der Waals surface area (Å²) in [5, 5.41) is 9.93. The second-order valence-corrected chi connectivity index (χ2v) is 7.38. The summed E-state index contributed by atoms with van der Waals surface area (Å²) >= 11 is 4.40. The van der Waals surface area contributed by atoms with Crippen LogP contribution in [-0.2, 0) is 4.79 Å². The van der Waals surface area contributed by atoms with Gasteiger partial charge in [-0.2, -0.15) is 0 Å². The first-order valence-corrected chi connectivity index (χ1v) is 9.57. The number of fused-ring (bicyclic) bond motifs is 1. The van der Waals surface area contributed by atoms with Crippen LogP contribution in [-0.4, -0.2) is 35.9 Å². The van der Waals surface area contributed by atoms with E-state index >= 15 is 0 Å². The van der Waals surface area contributed by atoms with Crippen LogP contribution in [0.4, 0.5) is 4.39 Å². The second kappa shape index (κ2) is 8.62. The lowest BCUT2D eigenvalue weighted by Crippen LogP contribution is -2.13. The van der Waals surface area contributed by atoms with Crippen molar-refractivity contribution in [1.82, 2.24) is 0 Å². The molecule has 0 fully saturated rings. The van der Waals surface area contributed by atoms with E-state index in [-0.39, 0.29) is 29.1 Å². The largest absolute Gasteiger partial charge is 0.493 e. The van der Waals surface area contributed by atoms with Crippen molar-refractivity contribution in [2.75, 3.05) is 19.0 Å². The molecule has 1 heterocycles. The molecule has 0 unspecified atom stereocenters. The van der Waals surface area contributed by atoms with Crippen molar-refractivity contribution >= 4 is 49.1 Å². The van der Waals surface area contributed by atoms with Crippen molar-refractivity contribution in [1.29, 1.82) is 0 Å². The van der Waals surface area contributed by atoms with Crippen LogP contribution >= 0.6 is 27.3 Å². The Morgan fingerprint density at radius 2 is 2.12 bits per heavy atom. The highest BCUT2D eigenvalue weighted by molar-refractivity contribution is 9.09. The molecule has 0 aliphatic heterocycles. The molecule has 1 aromatic carbocycles. The summed E-state index contributed by atoms with van der Waals surface area (Å²) in [6.45, 7) is 1.79. The number of benzene rings is 1. The highest BCUT2D eigenvalue weighted by Gasteiger charge is 2.22. The molecule has 0 aliphatic carbocycles. The van der Waals surface area contributed by atoms with Gasteiger partial charge < -0.3 is 14.6 Å². The number of alkyl halides is 1. The molecule has 2 rings (SSSR count). The Balaban J connectivity index is 2.37. The van der Waals surface area contributed by atoms with Crippen LogP contribution in [0.25, 0.3) is 10.1 Å². The van der Waals surface area contributed by atoms with Gasteiger partial charge >= 0.3 is 5.97 Å². The number of ketones is 1. The number of carboxylic acid groups (broad SMARTS) is 1. The summed E-state index contributed by atoms with van der Waals surface area (Å²) in [6, 6.07) is 3.08. The average Bonchev–Trinajstić information content (AvgIpc) is 3.01. The maximum Gasteiger partial charge on any atom is 0.306 e. The third-order valence-corrected chi connectivity index (χ3v) is 5.30. The van der Waals surface area contributed by atoms with Gasteiger partial charge in [0, 0.05) is 27.9 Å². The Morgan fingerprint density at radius 1 is 1.40 bits per heavy atom. The summed E-state index contributed by atoms with van der Waals surface area (Å²) in [5.74, 6) is -2.45. The van der Waals surface area contributed by atoms with E-state index in [0.29, 0.717) is 22.6 Å². The van der Waals surface area contributed by atoms with Crippen LogP contribution in [0.15, 0.2) is 12.1 Å². The van der Waals surface area contributed by atoms with Gasteiger partial charge in [0.2, 0.25) is 0 Å². The Hall–Kier alpha value is -1.67. The van der Waals surface area contributed by atoms with E-state index in [1.54, 1.807) is 6.07 Å². The van der Waals surface area contributed by atoms with Crippen LogP contribution in [0, 0.1) is 11.7 Å². The van der Waals surface area contributed by atoms with E-state index in [2.05, 4.69) is 15.9 Å². The second-order valence-electron chi connectivity index (χ2n) is 5.50. The van der Waals surface area contributed by atoms with Gasteiger partial charge in [0.15, 0.2) is 23.1 Å². The summed E-state index contributed by atoms with van der Waals surface area (Å²) in [6.07, 6.45) is 0.580. The number of hydrogen-bond donors (Lipinski definition) is 1. The number of carboxylic acids is 1. The number of rotatable bonds is 9. The fourth-order valence-electron chi connectivity index (χ4n) is 2.22. The van der Waals surface area contributed by atoms with Crippen LogP contribution in [0.5, 0.6) is 11.5 Å². The quantitative estimate of drug-likeness (QED) is 0.358. The maximum atomic E-state index is 14.8. The zero-order valence-corrected chi connectivity index (χ0v) is 16.2. The normalized spacial score (nSPS) is 12.2. The summed E-state index contributed by atoms with van der Waals surface area (Å²) in [5.41, 5.74) is 0. The Bertz CT molecular complexity index is 789. The lowest BCUT2D eigenvalue weighted by Gasteiger charge is -2.11. The number of halogens is 2. The molecule has 2 aromatic rings. The maximum absolute atomic E-state index is 14.8. The van der Waals surface area contributed by atoms with Crippen molar-refractivity contribution in [3.63, 3.8) is 0 Å². The van der Waals surface area contributed by atoms with Gasteiger partial charge in [0.1, 0.15) is 0 Å². The van der Waals surface area contributed by atoms with Gasteiger partial charge in [0.05, 0.1) is 24.5 Å². The zero-order valence-electron chi connectivity index (χ0n) is 13.8. The summed E-state index contributed by atoms with van der Waals surface area (Å²) in [7, 11) is 1.42. The highest BCUT2D eigenvalue weighted by atomic mass is 79.9. The van der Waals surface area contributed by atoms with Gasteiger partial charge in [-0.25, -0.2) is 4.39 Å². The van der Waals surface area contributed by atoms with Crippen LogP contribution in [0.3, 0.4) is 0 Å². The van der Waals surface area contributed by atoms with E-state index in [4.69, 9.17) is 14.6 Å². The van der Waals surface area contributed by atoms with Gasteiger partial charge in [-0.05, 0) is 12.5 Å². The van der Waals surface area contributed by atoms with E-state index in [0.717, 1.165) is 16.7 Å². The van der Waals surface area contributed by atoms with Gasteiger partial charge in [-0.3, -0.25) is 9.59 Å². The van der Waals surface area contributed by atoms with Gasteiger partial charge in [-0.1, -0.05) is 22.9 Å². The molecule has 1 atom stereocenters. The van der Waals surface area contributed by atoms with Gasteiger partial charge in [-0.15, -0.1) is 11.3 Å². The molecular formula is C17H18BrFO5S. The number of aliphatic carboxylic acids is 1. The fourth-order valence-corrected chi connectivity index (χ4v) is 3.48. The minimum absolute atomic E-state index is 0.0200. The molecule has 0 aliphatic rings. The number of carbonyl (C=O) groups excluding carboxylic acids is 1. The van der Waals surface area contributed by atoms with E-state index in [1.165, 1.54) is 20.1 Å². The van der Waals surface area contributed by atoms with E-state index < -0.39 is 17.7 Å². The highest BCUT2D eigenvalue weighted by Crippen LogP contribution is 2.40. The average molecular weight is 433 g/mol. The summed E-state index contributed by atoms with van der Waals surface area (Å²) < 4.78 is 26.0. The third kappa shape index (κ3) is 4.49. The molecule has 0 saturated heterocycles. The molecule has 1 N–H and O–H groups in total. The Morgan fingerprint density at radius 3 is 2.72 bits per heavy atom. The SMILES string of the molecule is COc1cc2sc(C(=O)C[C@H](C)C(=O)O)cc2c(F)c1OCCCBr. The van der Waals surface area contributed by atoms with Crippen molar-refractivity contribution in [2.45, 2.75) is 19.8 Å². The fraction of sp³-hybridized carbons (Fsp3) is 0.412. The minimum Gasteiger partial charge on any atom is -0.493 e. The molecule has 0 amide bonds. The first kappa shape index (κ1) is 19.7. The van der Waals surface area contributed by atoms with Crippen molar-refractivity contribution in [3.05, 3.63) is 22.8 Å². The van der Waals surface area contributed by atoms with Crippen molar-refractivity contribution in [3.8, 4) is 11.5 Å². The molecule has 0 spiro atoms. The van der Waals surface area contributed by atoms with Crippen LogP contribution in [0.1, 0.15) is 29.4 Å². The lowest BCUT2D eigenvalue weighted by atomic mass is 10.0. The van der Waals surface area contributed by atoms with Crippen LogP contribution in [0.2, 0.25) is 0 Å². The zero-order chi connectivity index (χ0) is 18.6. The summed E-state index contributed by atoms with van der Waals surface area (Å²) in [4.78, 5) is 23.5.